The maximum absolute atomic E-state index is 14.0. The van der Waals surface area contributed by atoms with E-state index in [1.807, 2.05) is 32.3 Å². The van der Waals surface area contributed by atoms with E-state index in [2.05, 4.69) is 25.8 Å². The predicted octanol–water partition coefficient (Wildman–Crippen LogP) is 4.13. The summed E-state index contributed by atoms with van der Waals surface area (Å²) in [4.78, 5) is 28.8. The van der Waals surface area contributed by atoms with Crippen molar-refractivity contribution < 1.29 is 14.0 Å². The molecule has 2 aromatic carbocycles. The number of imidazole rings is 1. The molecule has 0 saturated heterocycles. The Morgan fingerprint density at radius 2 is 1.86 bits per heavy atom. The maximum Gasteiger partial charge on any atom is 0.251 e. The number of anilines is 1. The number of aryl methyl sites for hydroxylation is 2. The highest BCUT2D eigenvalue weighted by Gasteiger charge is 2.15. The molecule has 0 saturated carbocycles. The van der Waals surface area contributed by atoms with Crippen molar-refractivity contribution in [1.29, 1.82) is 0 Å². The first-order valence-electron chi connectivity index (χ1n) is 11.6. The van der Waals surface area contributed by atoms with Crippen molar-refractivity contribution in [2.45, 2.75) is 20.4 Å². The molecule has 0 radical (unpaired) electrons. The number of benzene rings is 2. The van der Waals surface area contributed by atoms with Crippen molar-refractivity contribution in [2.75, 3.05) is 5.32 Å². The molecule has 5 aromatic rings. The monoisotopic (exact) mass is 497 g/mol. The van der Waals surface area contributed by atoms with Gasteiger partial charge in [0.2, 0.25) is 5.91 Å². The van der Waals surface area contributed by atoms with E-state index in [-0.39, 0.29) is 24.2 Å². The fourth-order valence-corrected chi connectivity index (χ4v) is 4.12. The van der Waals surface area contributed by atoms with E-state index in [9.17, 15) is 14.0 Å². The largest absolute Gasteiger partial charge is 0.348 e. The molecule has 0 aliphatic heterocycles. The number of nitrogens with zero attached hydrogens (tertiary/aromatic N) is 5. The Kier molecular flexibility index (Phi) is 6.22. The Bertz CT molecular complexity index is 1650. The summed E-state index contributed by atoms with van der Waals surface area (Å²) in [5, 5.41) is 14.3. The third-order valence-corrected chi connectivity index (χ3v) is 5.92. The molecule has 0 aliphatic rings. The van der Waals surface area contributed by atoms with E-state index >= 15 is 0 Å². The van der Waals surface area contributed by atoms with Crippen molar-refractivity contribution in [3.8, 4) is 22.4 Å². The summed E-state index contributed by atoms with van der Waals surface area (Å²) in [7, 11) is 1.81. The van der Waals surface area contributed by atoms with Gasteiger partial charge < -0.3 is 10.6 Å². The molecule has 2 amide bonds. The van der Waals surface area contributed by atoms with E-state index in [0.29, 0.717) is 28.3 Å². The summed E-state index contributed by atoms with van der Waals surface area (Å²) in [6, 6.07) is 13.6. The number of carbonyl (C=O) groups excluding carboxylic acids is 2. The van der Waals surface area contributed by atoms with Gasteiger partial charge in [0.1, 0.15) is 5.82 Å². The first-order chi connectivity index (χ1) is 17.8. The summed E-state index contributed by atoms with van der Waals surface area (Å²) in [5.74, 6) is -0.470. The summed E-state index contributed by atoms with van der Waals surface area (Å²) in [6.07, 6.45) is 5.17. The van der Waals surface area contributed by atoms with Gasteiger partial charge in [-0.15, -0.1) is 0 Å². The number of carbonyl (C=O) groups is 2. The summed E-state index contributed by atoms with van der Waals surface area (Å²) in [6.45, 7) is 3.42. The molecular formula is C27H24FN7O2. The number of nitrogens with one attached hydrogen (secondary N) is 2. The van der Waals surface area contributed by atoms with Gasteiger partial charge in [0.15, 0.2) is 11.5 Å². The summed E-state index contributed by atoms with van der Waals surface area (Å²) in [5.41, 5.74) is 5.54. The summed E-state index contributed by atoms with van der Waals surface area (Å²) < 4.78 is 17.3. The van der Waals surface area contributed by atoms with Crippen LogP contribution in [0.4, 0.5) is 10.2 Å². The molecular weight excluding hydrogens is 473 g/mol. The molecule has 0 atom stereocenters. The molecule has 9 nitrogen and oxygen atoms in total. The second-order valence-electron chi connectivity index (χ2n) is 8.75. The Labute approximate surface area is 212 Å². The quantitative estimate of drug-likeness (QED) is 0.367. The molecule has 3 heterocycles. The molecule has 37 heavy (non-hydrogen) atoms. The molecule has 0 spiro atoms. The van der Waals surface area contributed by atoms with Crippen LogP contribution in [0.2, 0.25) is 0 Å². The third kappa shape index (κ3) is 5.08. The molecule has 0 fully saturated rings. The maximum atomic E-state index is 14.0. The van der Waals surface area contributed by atoms with Crippen LogP contribution in [0.5, 0.6) is 0 Å². The number of amides is 2. The highest BCUT2D eigenvalue weighted by molar-refractivity contribution is 5.97. The Morgan fingerprint density at radius 3 is 2.62 bits per heavy atom. The molecule has 0 unspecified atom stereocenters. The molecule has 5 rings (SSSR count). The van der Waals surface area contributed by atoms with Gasteiger partial charge in [-0.2, -0.15) is 10.2 Å². The van der Waals surface area contributed by atoms with Gasteiger partial charge in [0.25, 0.3) is 5.91 Å². The van der Waals surface area contributed by atoms with Gasteiger partial charge in [-0.3, -0.25) is 14.3 Å². The Hall–Kier alpha value is -4.86. The van der Waals surface area contributed by atoms with Crippen molar-refractivity contribution in [3.05, 3.63) is 89.6 Å². The van der Waals surface area contributed by atoms with Crippen molar-refractivity contribution in [2.24, 2.45) is 7.05 Å². The van der Waals surface area contributed by atoms with E-state index < -0.39 is 0 Å². The molecule has 2 N–H and O–H groups in total. The first kappa shape index (κ1) is 23.9. The van der Waals surface area contributed by atoms with Crippen LogP contribution in [0.1, 0.15) is 28.4 Å². The van der Waals surface area contributed by atoms with Crippen molar-refractivity contribution in [3.63, 3.8) is 0 Å². The van der Waals surface area contributed by atoms with Gasteiger partial charge in [0.05, 0.1) is 18.1 Å². The smallest absolute Gasteiger partial charge is 0.251 e. The minimum atomic E-state index is -0.377. The van der Waals surface area contributed by atoms with Crippen LogP contribution in [-0.2, 0) is 18.4 Å². The van der Waals surface area contributed by atoms with Crippen LogP contribution in [0.15, 0.2) is 67.1 Å². The van der Waals surface area contributed by atoms with Crippen LogP contribution in [0.25, 0.3) is 28.0 Å². The minimum Gasteiger partial charge on any atom is -0.348 e. The first-order valence-corrected chi connectivity index (χ1v) is 11.6. The average Bonchev–Trinajstić information content (AvgIpc) is 3.47. The lowest BCUT2D eigenvalue weighted by molar-refractivity contribution is -0.114. The number of rotatable bonds is 6. The van der Waals surface area contributed by atoms with Crippen LogP contribution >= 0.6 is 0 Å². The van der Waals surface area contributed by atoms with Crippen LogP contribution in [0, 0.1) is 12.7 Å². The van der Waals surface area contributed by atoms with E-state index in [4.69, 9.17) is 0 Å². The van der Waals surface area contributed by atoms with Crippen molar-refractivity contribution >= 4 is 23.3 Å². The van der Waals surface area contributed by atoms with Crippen LogP contribution in [-0.4, -0.2) is 36.2 Å². The fraction of sp³-hybridized carbons (Fsp3) is 0.148. The molecule has 0 bridgehead atoms. The number of aromatic nitrogens is 5. The Morgan fingerprint density at radius 1 is 1.03 bits per heavy atom. The number of hydrogen-bond donors (Lipinski definition) is 2. The number of fused-ring (bicyclic) bond motifs is 1. The normalized spacial score (nSPS) is 11.0. The topological polar surface area (TPSA) is 106 Å². The van der Waals surface area contributed by atoms with E-state index in [1.54, 1.807) is 45.9 Å². The van der Waals surface area contributed by atoms with Gasteiger partial charge in [-0.25, -0.2) is 13.9 Å². The lowest BCUT2D eigenvalue weighted by atomic mass is 10.0. The fourth-order valence-electron chi connectivity index (χ4n) is 4.12. The van der Waals surface area contributed by atoms with Crippen LogP contribution < -0.4 is 10.6 Å². The lowest BCUT2D eigenvalue weighted by Crippen LogP contribution is -2.24. The molecule has 186 valence electrons. The van der Waals surface area contributed by atoms with E-state index in [1.165, 1.54) is 19.1 Å². The van der Waals surface area contributed by atoms with Gasteiger partial charge in [-0.1, -0.05) is 18.2 Å². The van der Waals surface area contributed by atoms with Crippen molar-refractivity contribution in [1.82, 2.24) is 29.7 Å². The zero-order chi connectivity index (χ0) is 26.1. The summed E-state index contributed by atoms with van der Waals surface area (Å²) >= 11 is 0. The Balaban J connectivity index is 1.39. The highest BCUT2D eigenvalue weighted by atomic mass is 19.1. The molecule has 3 aromatic heterocycles. The zero-order valence-electron chi connectivity index (χ0n) is 20.5. The van der Waals surface area contributed by atoms with Gasteiger partial charge in [0, 0.05) is 43.4 Å². The molecule has 10 heteroatoms. The second kappa shape index (κ2) is 9.65. The van der Waals surface area contributed by atoms with Gasteiger partial charge in [-0.05, 0) is 53.9 Å². The standard InChI is InChI=1S/C27H24FN7O2/c1-16-4-5-18(24-8-9-26-32-25(31-17(2)36)15-35(26)33-24)11-23(16)27(37)29-12-19-10-21(28)6-7-22(19)20-13-30-34(3)14-20/h4-11,13-15H,12H2,1-3H3,(H,29,37)(H,31,36). The minimum absolute atomic E-state index is 0.148. The second-order valence-corrected chi connectivity index (χ2v) is 8.75. The average molecular weight is 498 g/mol. The molecule has 0 aliphatic carbocycles. The lowest BCUT2D eigenvalue weighted by Gasteiger charge is -2.12. The van der Waals surface area contributed by atoms with Crippen LogP contribution in [0.3, 0.4) is 0 Å². The third-order valence-electron chi connectivity index (χ3n) is 5.92. The number of halogens is 1. The van der Waals surface area contributed by atoms with E-state index in [0.717, 1.165) is 22.3 Å². The predicted molar refractivity (Wildman–Crippen MR) is 137 cm³/mol. The number of hydrogen-bond acceptors (Lipinski definition) is 5. The highest BCUT2D eigenvalue weighted by Crippen LogP contribution is 2.25. The zero-order valence-corrected chi connectivity index (χ0v) is 20.5. The van der Waals surface area contributed by atoms with Gasteiger partial charge >= 0.3 is 0 Å². The SMILES string of the molecule is CC(=O)Nc1cn2nc(-c3ccc(C)c(C(=O)NCc4cc(F)ccc4-c4cnn(C)c4)c3)ccc2n1.